The second-order valence-corrected chi connectivity index (χ2v) is 7.27. The highest BCUT2D eigenvalue weighted by Gasteiger charge is 2.40. The van der Waals surface area contributed by atoms with Gasteiger partial charge in [0, 0.05) is 32.7 Å². The molecule has 1 fully saturated rings. The quantitative estimate of drug-likeness (QED) is 0.798. The number of ether oxygens (including phenoxy) is 1. The molecule has 0 bridgehead atoms. The van der Waals surface area contributed by atoms with Gasteiger partial charge in [-0.2, -0.15) is 0 Å². The first kappa shape index (κ1) is 20.7. The van der Waals surface area contributed by atoms with Crippen LogP contribution in [0.3, 0.4) is 0 Å². The molecule has 1 aliphatic heterocycles. The van der Waals surface area contributed by atoms with E-state index in [2.05, 4.69) is 5.32 Å². The Morgan fingerprint density at radius 1 is 1.04 bits per heavy atom. The number of amides is 3. The molecule has 1 N–H and O–H groups in total. The zero-order valence-corrected chi connectivity index (χ0v) is 16.6. The maximum absolute atomic E-state index is 12.8. The first-order chi connectivity index (χ1) is 12.8. The van der Waals surface area contributed by atoms with Crippen molar-refractivity contribution in [2.75, 3.05) is 32.8 Å². The van der Waals surface area contributed by atoms with E-state index >= 15 is 0 Å². The summed E-state index contributed by atoms with van der Waals surface area (Å²) >= 11 is 0. The van der Waals surface area contributed by atoms with Crippen LogP contribution in [-0.4, -0.2) is 60.5 Å². The molecule has 7 heteroatoms. The molecule has 7 nitrogen and oxygen atoms in total. The molecular weight excluding hydrogens is 346 g/mol. The average molecular weight is 375 g/mol. The summed E-state index contributed by atoms with van der Waals surface area (Å²) in [4.78, 5) is 40.4. The number of hydrogen-bond donors (Lipinski definition) is 1. The molecule has 1 aromatic carbocycles. The van der Waals surface area contributed by atoms with Crippen LogP contribution in [0, 0.1) is 12.3 Å². The number of nitrogens with zero attached hydrogens (tertiary/aromatic N) is 2. The second-order valence-electron chi connectivity index (χ2n) is 7.27. The van der Waals surface area contributed by atoms with E-state index in [4.69, 9.17) is 4.74 Å². The fourth-order valence-electron chi connectivity index (χ4n) is 2.91. The molecule has 0 aromatic heterocycles. The number of carbonyl (C=O) groups excluding carboxylic acids is 3. The van der Waals surface area contributed by atoms with E-state index < -0.39 is 5.41 Å². The van der Waals surface area contributed by atoms with Gasteiger partial charge < -0.3 is 19.9 Å². The highest BCUT2D eigenvalue weighted by atomic mass is 16.6. The highest BCUT2D eigenvalue weighted by molar-refractivity contribution is 6.04. The molecule has 0 atom stereocenters. The van der Waals surface area contributed by atoms with E-state index in [1.54, 1.807) is 30.6 Å². The summed E-state index contributed by atoms with van der Waals surface area (Å²) in [6.45, 7) is 9.35. The van der Waals surface area contributed by atoms with Crippen molar-refractivity contribution in [1.82, 2.24) is 15.1 Å². The molecule has 1 saturated heterocycles. The number of carbonyl (C=O) groups is 3. The summed E-state index contributed by atoms with van der Waals surface area (Å²) in [7, 11) is 0. The van der Waals surface area contributed by atoms with Crippen LogP contribution >= 0.6 is 0 Å². The third-order valence-electron chi connectivity index (χ3n) is 4.77. The van der Waals surface area contributed by atoms with Crippen molar-refractivity contribution in [3.63, 3.8) is 0 Å². The van der Waals surface area contributed by atoms with Crippen molar-refractivity contribution in [1.29, 1.82) is 0 Å². The van der Waals surface area contributed by atoms with Crippen LogP contribution in [0.2, 0.25) is 0 Å². The standard InChI is InChI=1S/C20H29N3O4/c1-5-27-19(26)23-12-10-22(11-13-23)18(25)20(3,4)17(24)21-14-16-8-6-15(2)7-9-16/h6-9H,5,10-14H2,1-4H3,(H,21,24). The van der Waals surface area contributed by atoms with Gasteiger partial charge in [-0.25, -0.2) is 4.79 Å². The molecule has 0 radical (unpaired) electrons. The predicted octanol–water partition coefficient (Wildman–Crippen LogP) is 1.94. The summed E-state index contributed by atoms with van der Waals surface area (Å²) in [6.07, 6.45) is -0.361. The van der Waals surface area contributed by atoms with Crippen LogP contribution in [-0.2, 0) is 20.9 Å². The van der Waals surface area contributed by atoms with E-state index in [1.807, 2.05) is 31.2 Å². The summed E-state index contributed by atoms with van der Waals surface area (Å²) in [5.74, 6) is -0.534. The Kier molecular flexibility index (Phi) is 6.82. The summed E-state index contributed by atoms with van der Waals surface area (Å²) in [6, 6.07) is 7.89. The zero-order valence-electron chi connectivity index (χ0n) is 16.6. The molecule has 148 valence electrons. The minimum Gasteiger partial charge on any atom is -0.450 e. The van der Waals surface area contributed by atoms with E-state index in [0.717, 1.165) is 11.1 Å². The van der Waals surface area contributed by atoms with Crippen molar-refractivity contribution < 1.29 is 19.1 Å². The van der Waals surface area contributed by atoms with Gasteiger partial charge in [-0.15, -0.1) is 0 Å². The molecular formula is C20H29N3O4. The van der Waals surface area contributed by atoms with Crippen molar-refractivity contribution in [3.05, 3.63) is 35.4 Å². The SMILES string of the molecule is CCOC(=O)N1CCN(C(=O)C(C)(C)C(=O)NCc2ccc(C)cc2)CC1. The van der Waals surface area contributed by atoms with Crippen LogP contribution in [0.25, 0.3) is 0 Å². The van der Waals surface area contributed by atoms with Crippen molar-refractivity contribution in [2.24, 2.45) is 5.41 Å². The molecule has 0 aliphatic carbocycles. The lowest BCUT2D eigenvalue weighted by atomic mass is 9.90. The molecule has 0 unspecified atom stereocenters. The van der Waals surface area contributed by atoms with Crippen molar-refractivity contribution in [3.8, 4) is 0 Å². The Labute approximate surface area is 160 Å². The second kappa shape index (κ2) is 8.88. The highest BCUT2D eigenvalue weighted by Crippen LogP contribution is 2.21. The number of aryl methyl sites for hydroxylation is 1. The Balaban J connectivity index is 1.89. The first-order valence-corrected chi connectivity index (χ1v) is 9.30. The van der Waals surface area contributed by atoms with Crippen molar-refractivity contribution >= 4 is 17.9 Å². The Morgan fingerprint density at radius 2 is 1.59 bits per heavy atom. The zero-order chi connectivity index (χ0) is 20.0. The van der Waals surface area contributed by atoms with Gasteiger partial charge in [0.2, 0.25) is 11.8 Å². The molecule has 0 saturated carbocycles. The molecule has 0 spiro atoms. The van der Waals surface area contributed by atoms with Crippen molar-refractivity contribution in [2.45, 2.75) is 34.2 Å². The predicted molar refractivity (Wildman–Crippen MR) is 102 cm³/mol. The molecule has 2 rings (SSSR count). The minimum absolute atomic E-state index is 0.229. The van der Waals surface area contributed by atoms with Gasteiger partial charge in [-0.05, 0) is 33.3 Å². The van der Waals surface area contributed by atoms with Crippen LogP contribution < -0.4 is 5.32 Å². The van der Waals surface area contributed by atoms with E-state index in [0.29, 0.717) is 39.3 Å². The van der Waals surface area contributed by atoms with Gasteiger partial charge in [0.15, 0.2) is 0 Å². The normalized spacial score (nSPS) is 14.7. The molecule has 1 aromatic rings. The van der Waals surface area contributed by atoms with Crippen LogP contribution in [0.1, 0.15) is 31.9 Å². The first-order valence-electron chi connectivity index (χ1n) is 9.30. The van der Waals surface area contributed by atoms with E-state index in [-0.39, 0.29) is 17.9 Å². The maximum Gasteiger partial charge on any atom is 0.409 e. The average Bonchev–Trinajstić information content (AvgIpc) is 2.67. The lowest BCUT2D eigenvalue weighted by Crippen LogP contribution is -2.56. The van der Waals surface area contributed by atoms with Gasteiger partial charge in [-0.3, -0.25) is 9.59 Å². The fraction of sp³-hybridized carbons (Fsp3) is 0.550. The third-order valence-corrected chi connectivity index (χ3v) is 4.77. The van der Waals surface area contributed by atoms with Gasteiger partial charge in [-0.1, -0.05) is 29.8 Å². The largest absolute Gasteiger partial charge is 0.450 e. The number of benzene rings is 1. The molecule has 3 amide bonds. The molecule has 27 heavy (non-hydrogen) atoms. The van der Waals surface area contributed by atoms with Gasteiger partial charge in [0.1, 0.15) is 5.41 Å². The fourth-order valence-corrected chi connectivity index (χ4v) is 2.91. The van der Waals surface area contributed by atoms with E-state index in [9.17, 15) is 14.4 Å². The third kappa shape index (κ3) is 5.21. The van der Waals surface area contributed by atoms with E-state index in [1.165, 1.54) is 0 Å². The summed E-state index contributed by atoms with van der Waals surface area (Å²) in [5.41, 5.74) is 0.972. The number of piperazine rings is 1. The Hall–Kier alpha value is -2.57. The Bertz CT molecular complexity index is 677. The summed E-state index contributed by atoms with van der Waals surface area (Å²) in [5, 5.41) is 2.85. The topological polar surface area (TPSA) is 79.0 Å². The van der Waals surface area contributed by atoms with Gasteiger partial charge in [0.25, 0.3) is 0 Å². The molecule has 1 aliphatic rings. The van der Waals surface area contributed by atoms with Crippen LogP contribution in [0.15, 0.2) is 24.3 Å². The Morgan fingerprint density at radius 3 is 2.15 bits per heavy atom. The summed E-state index contributed by atoms with van der Waals surface area (Å²) < 4.78 is 4.98. The monoisotopic (exact) mass is 375 g/mol. The van der Waals surface area contributed by atoms with Gasteiger partial charge >= 0.3 is 6.09 Å². The number of hydrogen-bond acceptors (Lipinski definition) is 4. The number of nitrogens with one attached hydrogen (secondary N) is 1. The van der Waals surface area contributed by atoms with Crippen LogP contribution in [0.5, 0.6) is 0 Å². The molecule has 1 heterocycles. The number of rotatable bonds is 5. The lowest BCUT2D eigenvalue weighted by Gasteiger charge is -2.37. The van der Waals surface area contributed by atoms with Crippen LogP contribution in [0.4, 0.5) is 4.79 Å². The lowest BCUT2D eigenvalue weighted by molar-refractivity contribution is -0.149. The maximum atomic E-state index is 12.8. The smallest absolute Gasteiger partial charge is 0.409 e. The minimum atomic E-state index is -1.17. The van der Waals surface area contributed by atoms with Gasteiger partial charge in [0.05, 0.1) is 6.61 Å².